The Kier molecular flexibility index (Phi) is 4.80. The van der Waals surface area contributed by atoms with E-state index >= 15 is 0 Å². The molecule has 1 amide bonds. The number of benzene rings is 1. The van der Waals surface area contributed by atoms with Gasteiger partial charge in [0.15, 0.2) is 5.16 Å². The Hall–Kier alpha value is -1.96. The number of alkyl halides is 3. The zero-order valence-corrected chi connectivity index (χ0v) is 12.7. The number of anilines is 1. The molecule has 1 heterocycles. The second-order valence-corrected chi connectivity index (χ2v) is 5.96. The second kappa shape index (κ2) is 6.43. The van der Waals surface area contributed by atoms with Gasteiger partial charge in [0.1, 0.15) is 0 Å². The van der Waals surface area contributed by atoms with Crippen molar-refractivity contribution in [1.29, 1.82) is 0 Å². The molecule has 8 heteroatoms. The van der Waals surface area contributed by atoms with Gasteiger partial charge in [0.25, 0.3) is 0 Å². The van der Waals surface area contributed by atoms with E-state index in [0.717, 1.165) is 12.1 Å². The molecular formula is C14H14F3N3OS. The summed E-state index contributed by atoms with van der Waals surface area (Å²) in [5.74, 6) is -0.382. The fraction of sp³-hybridized carbons (Fsp3) is 0.286. The predicted molar refractivity (Wildman–Crippen MR) is 78.6 cm³/mol. The number of amides is 1. The topological polar surface area (TPSA) is 46.9 Å². The monoisotopic (exact) mass is 329 g/mol. The van der Waals surface area contributed by atoms with E-state index in [2.05, 4.69) is 10.3 Å². The van der Waals surface area contributed by atoms with Gasteiger partial charge in [-0.25, -0.2) is 4.98 Å². The quantitative estimate of drug-likeness (QED) is 0.873. The van der Waals surface area contributed by atoms with Gasteiger partial charge >= 0.3 is 6.18 Å². The van der Waals surface area contributed by atoms with E-state index in [1.165, 1.54) is 23.9 Å². The third-order valence-corrected chi connectivity index (χ3v) is 4.06. The van der Waals surface area contributed by atoms with Crippen molar-refractivity contribution in [2.75, 3.05) is 5.32 Å². The lowest BCUT2D eigenvalue weighted by molar-refractivity contribution is -0.137. The summed E-state index contributed by atoms with van der Waals surface area (Å²) >= 11 is 1.23. The molecule has 118 valence electrons. The fourth-order valence-electron chi connectivity index (χ4n) is 1.69. The molecule has 0 saturated carbocycles. The molecule has 2 rings (SSSR count). The van der Waals surface area contributed by atoms with Gasteiger partial charge < -0.3 is 9.88 Å². The molecule has 0 bridgehead atoms. The Balaban J connectivity index is 2.04. The Morgan fingerprint density at radius 2 is 2.14 bits per heavy atom. The number of aryl methyl sites for hydroxylation is 1. The van der Waals surface area contributed by atoms with Crippen molar-refractivity contribution in [1.82, 2.24) is 9.55 Å². The first-order valence-corrected chi connectivity index (χ1v) is 7.27. The number of hydrogen-bond donors (Lipinski definition) is 1. The largest absolute Gasteiger partial charge is 0.416 e. The Morgan fingerprint density at radius 1 is 1.41 bits per heavy atom. The predicted octanol–water partition coefficient (Wildman–Crippen LogP) is 3.56. The van der Waals surface area contributed by atoms with Gasteiger partial charge in [-0.2, -0.15) is 13.2 Å². The first-order valence-electron chi connectivity index (χ1n) is 6.39. The molecule has 1 aromatic carbocycles. The van der Waals surface area contributed by atoms with Crippen molar-refractivity contribution in [3.8, 4) is 0 Å². The van der Waals surface area contributed by atoms with Crippen LogP contribution in [0.5, 0.6) is 0 Å². The minimum Gasteiger partial charge on any atom is -0.329 e. The number of halogens is 3. The molecule has 0 spiro atoms. The van der Waals surface area contributed by atoms with Crippen molar-refractivity contribution >= 4 is 23.4 Å². The van der Waals surface area contributed by atoms with Gasteiger partial charge in [-0.15, -0.1) is 0 Å². The van der Waals surface area contributed by atoms with Crippen LogP contribution in [0.25, 0.3) is 0 Å². The molecule has 4 nitrogen and oxygen atoms in total. The molecule has 22 heavy (non-hydrogen) atoms. The second-order valence-electron chi connectivity index (χ2n) is 4.65. The van der Waals surface area contributed by atoms with Crippen LogP contribution in [-0.4, -0.2) is 20.7 Å². The molecule has 0 aliphatic carbocycles. The summed E-state index contributed by atoms with van der Waals surface area (Å²) in [6, 6.07) is 4.55. The summed E-state index contributed by atoms with van der Waals surface area (Å²) in [5, 5.41) is 2.66. The van der Waals surface area contributed by atoms with Crippen LogP contribution < -0.4 is 5.32 Å². The van der Waals surface area contributed by atoms with E-state index in [-0.39, 0.29) is 11.6 Å². The summed E-state index contributed by atoms with van der Waals surface area (Å²) in [6.45, 7) is 1.67. The van der Waals surface area contributed by atoms with E-state index in [1.807, 2.05) is 0 Å². The zero-order chi connectivity index (χ0) is 16.3. The van der Waals surface area contributed by atoms with Crippen LogP contribution in [0, 0.1) is 0 Å². The summed E-state index contributed by atoms with van der Waals surface area (Å²) in [4.78, 5) is 16.1. The minimum atomic E-state index is -4.44. The molecule has 0 fully saturated rings. The molecule has 0 radical (unpaired) electrons. The molecule has 0 aliphatic rings. The van der Waals surface area contributed by atoms with Gasteiger partial charge in [0.05, 0.1) is 10.8 Å². The molecule has 1 aromatic heterocycles. The number of carbonyl (C=O) groups is 1. The highest BCUT2D eigenvalue weighted by Gasteiger charge is 2.30. The van der Waals surface area contributed by atoms with E-state index in [1.54, 1.807) is 30.9 Å². The van der Waals surface area contributed by atoms with Crippen LogP contribution in [0.15, 0.2) is 41.8 Å². The highest BCUT2D eigenvalue weighted by Crippen LogP contribution is 2.31. The number of imidazole rings is 1. The lowest BCUT2D eigenvalue weighted by atomic mass is 10.2. The molecule has 2 aromatic rings. The number of aromatic nitrogens is 2. The maximum Gasteiger partial charge on any atom is 0.416 e. The van der Waals surface area contributed by atoms with Gasteiger partial charge in [0, 0.05) is 25.1 Å². The summed E-state index contributed by atoms with van der Waals surface area (Å²) in [6.07, 6.45) is -1.08. The van der Waals surface area contributed by atoms with E-state index in [0.29, 0.717) is 5.16 Å². The van der Waals surface area contributed by atoms with Gasteiger partial charge in [0.2, 0.25) is 5.91 Å². The Morgan fingerprint density at radius 3 is 2.73 bits per heavy atom. The minimum absolute atomic E-state index is 0.118. The van der Waals surface area contributed by atoms with E-state index < -0.39 is 17.0 Å². The number of nitrogens with zero attached hydrogens (tertiary/aromatic N) is 2. The highest BCUT2D eigenvalue weighted by molar-refractivity contribution is 8.00. The van der Waals surface area contributed by atoms with Crippen LogP contribution in [0.1, 0.15) is 12.5 Å². The standard InChI is InChI=1S/C14H14F3N3OS/c1-9(22-13-18-6-7-20(13)2)12(21)19-11-5-3-4-10(8-11)14(15,16)17/h3-9H,1-2H3,(H,19,21)/t9-/m1/s1. The number of hydrogen-bond acceptors (Lipinski definition) is 3. The average Bonchev–Trinajstić information content (AvgIpc) is 2.83. The Labute approximate surface area is 129 Å². The third kappa shape index (κ3) is 4.03. The van der Waals surface area contributed by atoms with Crippen molar-refractivity contribution in [3.05, 3.63) is 42.2 Å². The highest BCUT2D eigenvalue weighted by atomic mass is 32.2. The summed E-state index contributed by atoms with van der Waals surface area (Å²) < 4.78 is 39.7. The van der Waals surface area contributed by atoms with Gasteiger partial charge in [-0.3, -0.25) is 4.79 Å². The molecule has 0 unspecified atom stereocenters. The van der Waals surface area contributed by atoms with Crippen LogP contribution in [-0.2, 0) is 18.0 Å². The van der Waals surface area contributed by atoms with Crippen molar-refractivity contribution in [3.63, 3.8) is 0 Å². The van der Waals surface area contributed by atoms with E-state index in [9.17, 15) is 18.0 Å². The van der Waals surface area contributed by atoms with Crippen LogP contribution in [0.2, 0.25) is 0 Å². The SMILES string of the molecule is C[C@@H](Sc1nccn1C)C(=O)Nc1cccc(C(F)(F)F)c1. The van der Waals surface area contributed by atoms with Crippen molar-refractivity contribution < 1.29 is 18.0 Å². The molecule has 0 saturated heterocycles. The van der Waals surface area contributed by atoms with Crippen LogP contribution in [0.3, 0.4) is 0 Å². The number of rotatable bonds is 4. The maximum absolute atomic E-state index is 12.6. The van der Waals surface area contributed by atoms with Gasteiger partial charge in [-0.1, -0.05) is 17.8 Å². The first-order chi connectivity index (χ1) is 10.3. The van der Waals surface area contributed by atoms with Crippen molar-refractivity contribution in [2.45, 2.75) is 23.5 Å². The van der Waals surface area contributed by atoms with Crippen LogP contribution in [0.4, 0.5) is 18.9 Å². The van der Waals surface area contributed by atoms with Crippen molar-refractivity contribution in [2.24, 2.45) is 7.05 Å². The normalized spacial score (nSPS) is 13.0. The number of thioether (sulfide) groups is 1. The lowest BCUT2D eigenvalue weighted by Crippen LogP contribution is -2.23. The smallest absolute Gasteiger partial charge is 0.329 e. The van der Waals surface area contributed by atoms with E-state index in [4.69, 9.17) is 0 Å². The number of nitrogens with one attached hydrogen (secondary N) is 1. The number of carbonyl (C=O) groups excluding carboxylic acids is 1. The lowest BCUT2D eigenvalue weighted by Gasteiger charge is -2.13. The molecule has 1 N–H and O–H groups in total. The first kappa shape index (κ1) is 16.4. The van der Waals surface area contributed by atoms with Crippen LogP contribution >= 0.6 is 11.8 Å². The Bertz CT molecular complexity index is 669. The molecule has 1 atom stereocenters. The zero-order valence-electron chi connectivity index (χ0n) is 11.9. The van der Waals surface area contributed by atoms with Gasteiger partial charge in [-0.05, 0) is 25.1 Å². The maximum atomic E-state index is 12.6. The molecular weight excluding hydrogens is 315 g/mol. The molecule has 0 aliphatic heterocycles. The summed E-state index contributed by atoms with van der Waals surface area (Å²) in [5.41, 5.74) is -0.679. The third-order valence-electron chi connectivity index (χ3n) is 2.89. The summed E-state index contributed by atoms with van der Waals surface area (Å²) in [7, 11) is 1.80. The average molecular weight is 329 g/mol. The fourth-order valence-corrected chi connectivity index (χ4v) is 2.53.